The maximum atomic E-state index is 13.2. The largest absolute Gasteiger partial charge is 0.377 e. The van der Waals surface area contributed by atoms with Crippen molar-refractivity contribution in [2.75, 3.05) is 19.0 Å². The van der Waals surface area contributed by atoms with Gasteiger partial charge in [-0.1, -0.05) is 0 Å². The Hall–Kier alpha value is -1.45. The maximum absolute atomic E-state index is 13.2. The molecule has 1 rings (SSSR count). The Morgan fingerprint density at radius 3 is 1.93 bits per heavy atom. The first-order valence-corrected chi connectivity index (χ1v) is 4.10. The van der Waals surface area contributed by atoms with Crippen molar-refractivity contribution in [2.24, 2.45) is 0 Å². The Morgan fingerprint density at radius 1 is 1.21 bits per heavy atom. The van der Waals surface area contributed by atoms with Crippen LogP contribution in [0.15, 0.2) is 12.1 Å². The van der Waals surface area contributed by atoms with Crippen molar-refractivity contribution in [1.82, 2.24) is 0 Å². The van der Waals surface area contributed by atoms with Crippen LogP contribution < -0.4 is 4.90 Å². The molecular formula is C10H11F2NO. The summed E-state index contributed by atoms with van der Waals surface area (Å²) in [5.41, 5.74) is -0.0828. The molecule has 4 heteroatoms. The molecule has 2 nitrogen and oxygen atoms in total. The molecule has 0 fully saturated rings. The second-order valence-corrected chi connectivity index (χ2v) is 3.24. The molecule has 0 atom stereocenters. The molecule has 0 aromatic heterocycles. The second kappa shape index (κ2) is 3.74. The van der Waals surface area contributed by atoms with E-state index in [0.717, 1.165) is 19.1 Å². The molecule has 0 spiro atoms. The summed E-state index contributed by atoms with van der Waals surface area (Å²) in [6.45, 7) is 1.14. The highest BCUT2D eigenvalue weighted by Crippen LogP contribution is 2.20. The van der Waals surface area contributed by atoms with Crippen LogP contribution in [0, 0.1) is 11.6 Å². The zero-order valence-electron chi connectivity index (χ0n) is 8.27. The van der Waals surface area contributed by atoms with Crippen LogP contribution in [0.3, 0.4) is 0 Å². The molecule has 0 saturated heterocycles. The lowest BCUT2D eigenvalue weighted by atomic mass is 10.1. The lowest BCUT2D eigenvalue weighted by molar-refractivity contribution is 0.101. The van der Waals surface area contributed by atoms with Gasteiger partial charge in [0.1, 0.15) is 11.6 Å². The highest BCUT2D eigenvalue weighted by Gasteiger charge is 2.15. The molecule has 76 valence electrons. The van der Waals surface area contributed by atoms with Gasteiger partial charge in [-0.25, -0.2) is 8.78 Å². The van der Waals surface area contributed by atoms with Crippen LogP contribution in [0.2, 0.25) is 0 Å². The van der Waals surface area contributed by atoms with Crippen molar-refractivity contribution < 1.29 is 13.6 Å². The predicted molar refractivity (Wildman–Crippen MR) is 50.7 cm³/mol. The molecule has 0 amide bonds. The Morgan fingerprint density at radius 2 is 1.64 bits per heavy atom. The van der Waals surface area contributed by atoms with Crippen molar-refractivity contribution in [3.63, 3.8) is 0 Å². The van der Waals surface area contributed by atoms with E-state index in [1.54, 1.807) is 19.0 Å². The van der Waals surface area contributed by atoms with Crippen LogP contribution in [-0.2, 0) is 0 Å². The average molecular weight is 199 g/mol. The number of ketones is 1. The summed E-state index contributed by atoms with van der Waals surface area (Å²) in [7, 11) is 3.34. The van der Waals surface area contributed by atoms with E-state index < -0.39 is 23.0 Å². The summed E-state index contributed by atoms with van der Waals surface area (Å²) in [5, 5.41) is 0. The normalized spacial score (nSPS) is 10.1. The summed E-state index contributed by atoms with van der Waals surface area (Å²) in [6.07, 6.45) is 0. The third kappa shape index (κ3) is 1.89. The van der Waals surface area contributed by atoms with Crippen molar-refractivity contribution in [1.29, 1.82) is 0 Å². The van der Waals surface area contributed by atoms with E-state index >= 15 is 0 Å². The van der Waals surface area contributed by atoms with Gasteiger partial charge in [0, 0.05) is 19.8 Å². The smallest absolute Gasteiger partial charge is 0.165 e. The zero-order valence-corrected chi connectivity index (χ0v) is 8.27. The number of Topliss-reactive ketones (excluding diaryl/α,β-unsaturated/α-hetero) is 1. The van der Waals surface area contributed by atoms with Gasteiger partial charge in [-0.2, -0.15) is 0 Å². The molecule has 1 aromatic carbocycles. The molecule has 0 heterocycles. The highest BCUT2D eigenvalue weighted by atomic mass is 19.1. The van der Waals surface area contributed by atoms with Crippen LogP contribution in [0.25, 0.3) is 0 Å². The van der Waals surface area contributed by atoms with Gasteiger partial charge in [-0.15, -0.1) is 0 Å². The molecule has 1 aromatic rings. The van der Waals surface area contributed by atoms with Crippen molar-refractivity contribution in [3.8, 4) is 0 Å². The summed E-state index contributed by atoms with van der Waals surface area (Å²) in [5.74, 6) is -2.24. The standard InChI is InChI=1S/C10H11F2NO/c1-6(14)10-8(11)4-7(13(2)3)5-9(10)12/h4-5H,1-3H3. The molecule has 0 aliphatic heterocycles. The molecule has 0 aliphatic carbocycles. The third-order valence-corrected chi connectivity index (χ3v) is 1.90. The average Bonchev–Trinajstić information content (AvgIpc) is 2.01. The van der Waals surface area contributed by atoms with Crippen molar-refractivity contribution >= 4 is 11.5 Å². The first-order chi connectivity index (χ1) is 6.43. The first-order valence-electron chi connectivity index (χ1n) is 4.10. The zero-order chi connectivity index (χ0) is 10.9. The maximum Gasteiger partial charge on any atom is 0.165 e. The summed E-state index contributed by atoms with van der Waals surface area (Å²) in [4.78, 5) is 12.4. The van der Waals surface area contributed by atoms with Crippen LogP contribution >= 0.6 is 0 Å². The molecule has 0 aliphatic rings. The second-order valence-electron chi connectivity index (χ2n) is 3.24. The number of nitrogens with zero attached hydrogens (tertiary/aromatic N) is 1. The number of carbonyl (C=O) groups excluding carboxylic acids is 1. The fourth-order valence-electron chi connectivity index (χ4n) is 1.15. The van der Waals surface area contributed by atoms with Gasteiger partial charge in [0.05, 0.1) is 5.56 Å². The van der Waals surface area contributed by atoms with Crippen molar-refractivity contribution in [3.05, 3.63) is 29.3 Å². The molecule has 0 radical (unpaired) electrons. The van der Waals surface area contributed by atoms with Gasteiger partial charge in [0.2, 0.25) is 0 Å². The Balaban J connectivity index is 3.32. The molecule has 0 unspecified atom stereocenters. The minimum atomic E-state index is -0.818. The third-order valence-electron chi connectivity index (χ3n) is 1.90. The minimum Gasteiger partial charge on any atom is -0.377 e. The Bertz CT molecular complexity index is 351. The quantitative estimate of drug-likeness (QED) is 0.681. The van der Waals surface area contributed by atoms with E-state index in [0.29, 0.717) is 5.69 Å². The first kappa shape index (κ1) is 10.6. The number of hydrogen-bond donors (Lipinski definition) is 0. The van der Waals surface area contributed by atoms with E-state index in [2.05, 4.69) is 0 Å². The van der Waals surface area contributed by atoms with Crippen LogP contribution in [0.1, 0.15) is 17.3 Å². The molecule has 0 bridgehead atoms. The summed E-state index contributed by atoms with van der Waals surface area (Å²) in [6, 6.07) is 2.28. The van der Waals surface area contributed by atoms with Crippen LogP contribution in [0.5, 0.6) is 0 Å². The highest BCUT2D eigenvalue weighted by molar-refractivity contribution is 5.95. The molecule has 0 saturated carbocycles. The number of hydrogen-bond acceptors (Lipinski definition) is 2. The number of carbonyl (C=O) groups is 1. The lowest BCUT2D eigenvalue weighted by Gasteiger charge is -2.13. The lowest BCUT2D eigenvalue weighted by Crippen LogP contribution is -2.11. The number of benzene rings is 1. The van der Waals surface area contributed by atoms with Gasteiger partial charge in [0.15, 0.2) is 5.78 Å². The van der Waals surface area contributed by atoms with E-state index in [1.165, 1.54) is 0 Å². The topological polar surface area (TPSA) is 20.3 Å². The van der Waals surface area contributed by atoms with Crippen molar-refractivity contribution in [2.45, 2.75) is 6.92 Å². The van der Waals surface area contributed by atoms with Gasteiger partial charge < -0.3 is 4.90 Å². The minimum absolute atomic E-state index is 0.394. The number of rotatable bonds is 2. The van der Waals surface area contributed by atoms with Gasteiger partial charge >= 0.3 is 0 Å². The van der Waals surface area contributed by atoms with Gasteiger partial charge in [-0.05, 0) is 19.1 Å². The van der Waals surface area contributed by atoms with E-state index in [9.17, 15) is 13.6 Å². The Labute approximate surface area is 81.1 Å². The molecule has 14 heavy (non-hydrogen) atoms. The van der Waals surface area contributed by atoms with Gasteiger partial charge in [-0.3, -0.25) is 4.79 Å². The van der Waals surface area contributed by atoms with E-state index in [1.807, 2.05) is 0 Å². The Kier molecular flexibility index (Phi) is 2.84. The molecule has 0 N–H and O–H groups in total. The molecular weight excluding hydrogens is 188 g/mol. The van der Waals surface area contributed by atoms with E-state index in [-0.39, 0.29) is 0 Å². The fourth-order valence-corrected chi connectivity index (χ4v) is 1.15. The van der Waals surface area contributed by atoms with Gasteiger partial charge in [0.25, 0.3) is 0 Å². The number of anilines is 1. The fraction of sp³-hybridized carbons (Fsp3) is 0.300. The van der Waals surface area contributed by atoms with E-state index in [4.69, 9.17) is 0 Å². The van der Waals surface area contributed by atoms with Crippen LogP contribution in [-0.4, -0.2) is 19.9 Å². The summed E-state index contributed by atoms with van der Waals surface area (Å²) >= 11 is 0. The SMILES string of the molecule is CC(=O)c1c(F)cc(N(C)C)cc1F. The number of halogens is 2. The van der Waals surface area contributed by atoms with Crippen LogP contribution in [0.4, 0.5) is 14.5 Å². The monoisotopic (exact) mass is 199 g/mol. The predicted octanol–water partition coefficient (Wildman–Crippen LogP) is 2.23. The summed E-state index contributed by atoms with van der Waals surface area (Å²) < 4.78 is 26.5.